The highest BCUT2D eigenvalue weighted by atomic mass is 79.9. The van der Waals surface area contributed by atoms with E-state index >= 15 is 0 Å². The molecule has 6 heteroatoms. The van der Waals surface area contributed by atoms with Crippen LogP contribution in [0.15, 0.2) is 39.4 Å². The Morgan fingerprint density at radius 2 is 1.86 bits per heavy atom. The minimum Gasteiger partial charge on any atom is -0.495 e. The molecule has 0 aliphatic rings. The number of ether oxygens (including phenoxy) is 2. The summed E-state index contributed by atoms with van der Waals surface area (Å²) in [4.78, 5) is 14.3. The van der Waals surface area contributed by atoms with Crippen LogP contribution in [0, 0.1) is 0 Å². The van der Waals surface area contributed by atoms with Gasteiger partial charge in [0.25, 0.3) is 5.91 Å². The zero-order valence-electron chi connectivity index (χ0n) is 12.9. The van der Waals surface area contributed by atoms with E-state index in [1.54, 1.807) is 50.6 Å². The van der Waals surface area contributed by atoms with Crippen LogP contribution in [0.25, 0.3) is 0 Å². The number of hydrogen-bond donors (Lipinski definition) is 0. The lowest BCUT2D eigenvalue weighted by Gasteiger charge is -2.24. The molecule has 118 valence electrons. The van der Waals surface area contributed by atoms with Gasteiger partial charge in [-0.3, -0.25) is 4.79 Å². The van der Waals surface area contributed by atoms with Gasteiger partial charge in [-0.15, -0.1) is 0 Å². The Labute approximate surface area is 137 Å². The van der Waals surface area contributed by atoms with Gasteiger partial charge in [-0.2, -0.15) is 0 Å². The number of nitrogens with zero attached hydrogens (tertiary/aromatic N) is 1. The third-order valence-electron chi connectivity index (χ3n) is 3.55. The summed E-state index contributed by atoms with van der Waals surface area (Å²) in [5, 5.41) is 0. The molecule has 1 aromatic carbocycles. The van der Waals surface area contributed by atoms with Crippen molar-refractivity contribution in [3.63, 3.8) is 0 Å². The van der Waals surface area contributed by atoms with Crippen molar-refractivity contribution in [1.29, 1.82) is 0 Å². The maximum Gasteiger partial charge on any atom is 0.254 e. The molecule has 5 nitrogen and oxygen atoms in total. The first kappa shape index (κ1) is 16.4. The van der Waals surface area contributed by atoms with Crippen LogP contribution in [0.1, 0.15) is 29.1 Å². The molecule has 0 saturated heterocycles. The molecule has 1 heterocycles. The van der Waals surface area contributed by atoms with E-state index < -0.39 is 0 Å². The van der Waals surface area contributed by atoms with E-state index in [1.165, 1.54) is 0 Å². The fourth-order valence-corrected chi connectivity index (χ4v) is 2.64. The Hall–Kier alpha value is -1.95. The lowest BCUT2D eigenvalue weighted by atomic mass is 10.1. The highest BCUT2D eigenvalue weighted by Crippen LogP contribution is 2.36. The zero-order valence-corrected chi connectivity index (χ0v) is 14.5. The number of hydrogen-bond acceptors (Lipinski definition) is 4. The molecule has 0 aliphatic carbocycles. The number of carbonyl (C=O) groups excluding carboxylic acids is 1. The quantitative estimate of drug-likeness (QED) is 0.804. The fraction of sp³-hybridized carbons (Fsp3) is 0.312. The summed E-state index contributed by atoms with van der Waals surface area (Å²) in [5.41, 5.74) is 0.484. The summed E-state index contributed by atoms with van der Waals surface area (Å²) in [5.74, 6) is 1.67. The van der Waals surface area contributed by atoms with E-state index in [0.29, 0.717) is 21.5 Å². The summed E-state index contributed by atoms with van der Waals surface area (Å²) < 4.78 is 16.6. The van der Waals surface area contributed by atoms with E-state index in [2.05, 4.69) is 15.9 Å². The molecule has 1 aromatic heterocycles. The second-order valence-corrected chi connectivity index (χ2v) is 5.60. The van der Waals surface area contributed by atoms with Crippen LogP contribution in [0.5, 0.6) is 11.5 Å². The molecular weight excluding hydrogens is 350 g/mol. The average molecular weight is 368 g/mol. The van der Waals surface area contributed by atoms with E-state index in [1.807, 2.05) is 13.0 Å². The van der Waals surface area contributed by atoms with Crippen molar-refractivity contribution in [3.05, 3.63) is 46.3 Å². The molecule has 0 radical (unpaired) electrons. The Morgan fingerprint density at radius 1 is 1.27 bits per heavy atom. The molecule has 0 aliphatic heterocycles. The van der Waals surface area contributed by atoms with Crippen LogP contribution in [-0.4, -0.2) is 32.1 Å². The van der Waals surface area contributed by atoms with Crippen molar-refractivity contribution < 1.29 is 18.7 Å². The second-order valence-electron chi connectivity index (χ2n) is 4.80. The number of carbonyl (C=O) groups is 1. The van der Waals surface area contributed by atoms with Gasteiger partial charge in [-0.1, -0.05) is 0 Å². The molecule has 0 spiro atoms. The second kappa shape index (κ2) is 6.87. The van der Waals surface area contributed by atoms with Gasteiger partial charge in [0, 0.05) is 12.6 Å². The van der Waals surface area contributed by atoms with Gasteiger partial charge < -0.3 is 18.8 Å². The SMILES string of the molecule is COc1cc(C(=O)N(C)C(C)c2ccco2)cc(OC)c1Br. The van der Waals surface area contributed by atoms with Crippen LogP contribution < -0.4 is 9.47 Å². The van der Waals surface area contributed by atoms with Crippen molar-refractivity contribution in [2.45, 2.75) is 13.0 Å². The van der Waals surface area contributed by atoms with Gasteiger partial charge in [-0.25, -0.2) is 0 Å². The molecule has 22 heavy (non-hydrogen) atoms. The Bertz CT molecular complexity index is 629. The minimum atomic E-state index is -0.178. The smallest absolute Gasteiger partial charge is 0.254 e. The minimum absolute atomic E-state index is 0.145. The van der Waals surface area contributed by atoms with Gasteiger partial charge in [0.2, 0.25) is 0 Å². The molecule has 1 amide bonds. The Kier molecular flexibility index (Phi) is 5.13. The predicted molar refractivity (Wildman–Crippen MR) is 86.5 cm³/mol. The number of benzene rings is 1. The first-order valence-electron chi connectivity index (χ1n) is 6.71. The fourth-order valence-electron chi connectivity index (χ4n) is 2.09. The lowest BCUT2D eigenvalue weighted by Crippen LogP contribution is -2.29. The van der Waals surface area contributed by atoms with Gasteiger partial charge in [0.15, 0.2) is 0 Å². The molecule has 1 unspecified atom stereocenters. The summed E-state index contributed by atoms with van der Waals surface area (Å²) in [6, 6.07) is 6.83. The van der Waals surface area contributed by atoms with Crippen molar-refractivity contribution in [2.24, 2.45) is 0 Å². The lowest BCUT2D eigenvalue weighted by molar-refractivity contribution is 0.0725. The van der Waals surface area contributed by atoms with Crippen LogP contribution in [0.2, 0.25) is 0 Å². The van der Waals surface area contributed by atoms with Gasteiger partial charge in [0.05, 0.1) is 26.5 Å². The largest absolute Gasteiger partial charge is 0.495 e. The summed E-state index contributed by atoms with van der Waals surface area (Å²) in [6.07, 6.45) is 1.59. The first-order chi connectivity index (χ1) is 10.5. The normalized spacial score (nSPS) is 11.9. The summed E-state index contributed by atoms with van der Waals surface area (Å²) in [7, 11) is 4.82. The molecule has 1 atom stereocenters. The summed E-state index contributed by atoms with van der Waals surface area (Å²) >= 11 is 3.39. The number of amides is 1. The number of rotatable bonds is 5. The first-order valence-corrected chi connectivity index (χ1v) is 7.51. The van der Waals surface area contributed by atoms with Crippen molar-refractivity contribution in [2.75, 3.05) is 21.3 Å². The van der Waals surface area contributed by atoms with Gasteiger partial charge in [-0.05, 0) is 47.1 Å². The molecule has 0 bridgehead atoms. The average Bonchev–Trinajstić information content (AvgIpc) is 3.07. The van der Waals surface area contributed by atoms with Crippen LogP contribution in [0.3, 0.4) is 0 Å². The number of halogens is 1. The van der Waals surface area contributed by atoms with Crippen molar-refractivity contribution in [3.8, 4) is 11.5 Å². The maximum atomic E-state index is 12.7. The Morgan fingerprint density at radius 3 is 2.32 bits per heavy atom. The van der Waals surface area contributed by atoms with Crippen LogP contribution in [-0.2, 0) is 0 Å². The van der Waals surface area contributed by atoms with Crippen molar-refractivity contribution >= 4 is 21.8 Å². The highest BCUT2D eigenvalue weighted by Gasteiger charge is 2.23. The number of methoxy groups -OCH3 is 2. The Balaban J connectivity index is 2.32. The van der Waals surface area contributed by atoms with Crippen LogP contribution in [0.4, 0.5) is 0 Å². The van der Waals surface area contributed by atoms with E-state index in [9.17, 15) is 4.79 Å². The third kappa shape index (κ3) is 3.11. The molecular formula is C16H18BrNO4. The van der Waals surface area contributed by atoms with Crippen LogP contribution >= 0.6 is 15.9 Å². The van der Waals surface area contributed by atoms with E-state index in [4.69, 9.17) is 13.9 Å². The molecule has 0 N–H and O–H groups in total. The highest BCUT2D eigenvalue weighted by molar-refractivity contribution is 9.10. The van der Waals surface area contributed by atoms with Crippen molar-refractivity contribution in [1.82, 2.24) is 4.90 Å². The zero-order chi connectivity index (χ0) is 16.3. The number of furan rings is 1. The maximum absolute atomic E-state index is 12.7. The van der Waals surface area contributed by atoms with Gasteiger partial charge in [0.1, 0.15) is 21.7 Å². The summed E-state index contributed by atoms with van der Waals surface area (Å²) in [6.45, 7) is 1.91. The monoisotopic (exact) mass is 367 g/mol. The van der Waals surface area contributed by atoms with E-state index in [-0.39, 0.29) is 11.9 Å². The third-order valence-corrected chi connectivity index (χ3v) is 4.33. The molecule has 0 fully saturated rings. The molecule has 0 saturated carbocycles. The topological polar surface area (TPSA) is 51.9 Å². The standard InChI is InChI=1S/C16H18BrNO4/c1-10(12-6-5-7-22-12)18(2)16(19)11-8-13(20-3)15(17)14(9-11)21-4/h5-10H,1-4H3. The van der Waals surface area contributed by atoms with E-state index in [0.717, 1.165) is 5.76 Å². The predicted octanol–water partition coefficient (Wildman–Crippen LogP) is 3.89. The molecule has 2 rings (SSSR count). The molecule has 2 aromatic rings. The van der Waals surface area contributed by atoms with Gasteiger partial charge >= 0.3 is 0 Å².